The predicted molar refractivity (Wildman–Crippen MR) is 127 cm³/mol. The summed E-state index contributed by atoms with van der Waals surface area (Å²) in [7, 11) is 0. The van der Waals surface area contributed by atoms with E-state index in [0.717, 1.165) is 20.4 Å². The van der Waals surface area contributed by atoms with Crippen LogP contribution in [0.1, 0.15) is 35.3 Å². The number of carboxylic acids is 1. The Balaban J connectivity index is 0. The van der Waals surface area contributed by atoms with Crippen molar-refractivity contribution in [3.8, 4) is 0 Å². The number of nitrogens with two attached hydrogens (primary N) is 3. The number of rotatable bonds is 3. The summed E-state index contributed by atoms with van der Waals surface area (Å²) in [6.07, 6.45) is 3.27. The first-order chi connectivity index (χ1) is 16.1. The van der Waals surface area contributed by atoms with Crippen molar-refractivity contribution >= 4 is 35.6 Å². The van der Waals surface area contributed by atoms with E-state index < -0.39 is 5.97 Å². The van der Waals surface area contributed by atoms with Crippen LogP contribution in [0.5, 0.6) is 0 Å². The van der Waals surface area contributed by atoms with Gasteiger partial charge in [-0.15, -0.1) is 23.3 Å². The Kier molecular flexibility index (Phi) is 19.1. The molecule has 0 heterocycles. The fraction of sp³-hybridized carbons (Fsp3) is 0.125. The molecule has 3 aromatic rings. The number of aliphatic hydroxyl groups is 1. The van der Waals surface area contributed by atoms with Crippen molar-refractivity contribution in [3.63, 3.8) is 0 Å². The Labute approximate surface area is 210 Å². The molecule has 3 rings (SSSR count). The van der Waals surface area contributed by atoms with E-state index in [-0.39, 0.29) is 11.7 Å². The van der Waals surface area contributed by atoms with Crippen LogP contribution in [0, 0.1) is 0 Å². The fourth-order valence-electron chi connectivity index (χ4n) is 1.87. The van der Waals surface area contributed by atoms with Gasteiger partial charge in [-0.05, 0) is 26.0 Å². The zero-order valence-corrected chi connectivity index (χ0v) is 20.3. The van der Waals surface area contributed by atoms with Crippen molar-refractivity contribution in [3.05, 3.63) is 89.5 Å². The van der Waals surface area contributed by atoms with Crippen LogP contribution in [0.4, 0.5) is 17.1 Å². The number of para-hydroxylation sites is 3. The first-order valence-corrected chi connectivity index (χ1v) is 10.2. The predicted octanol–water partition coefficient (Wildman–Crippen LogP) is 2.69. The Morgan fingerprint density at radius 2 is 1.03 bits per heavy atom. The first kappa shape index (κ1) is 32.5. The summed E-state index contributed by atoms with van der Waals surface area (Å²) in [5.41, 5.74) is 18.3. The maximum absolute atomic E-state index is 10.3. The van der Waals surface area contributed by atoms with Gasteiger partial charge in [-0.2, -0.15) is 12.1 Å². The first-order valence-electron chi connectivity index (χ1n) is 9.55. The molecule has 3 aromatic carbocycles. The number of nitrogen functional groups attached to an aromatic ring is 3. The normalized spacial score (nSPS) is 8.65. The molecule has 34 heavy (non-hydrogen) atoms. The summed E-state index contributed by atoms with van der Waals surface area (Å²) in [5.74, 6) is -0.988. The molecule has 0 radical (unpaired) electrons. The van der Waals surface area contributed by atoms with Crippen molar-refractivity contribution in [2.75, 3.05) is 17.2 Å². The van der Waals surface area contributed by atoms with Crippen molar-refractivity contribution in [2.24, 2.45) is 0 Å². The minimum absolute atomic E-state index is 0.155. The van der Waals surface area contributed by atoms with Crippen molar-refractivity contribution < 1.29 is 48.3 Å². The van der Waals surface area contributed by atoms with E-state index in [1.165, 1.54) is 6.07 Å². The molecule has 0 atom stereocenters. The number of benzene rings is 3. The van der Waals surface area contributed by atoms with Gasteiger partial charge in [0.05, 0.1) is 18.1 Å². The van der Waals surface area contributed by atoms with Crippen molar-refractivity contribution in [2.45, 2.75) is 20.0 Å². The molecule has 0 aromatic heterocycles. The Morgan fingerprint density at radius 1 is 0.735 bits per heavy atom. The molecule has 8 N–H and O–H groups in total. The van der Waals surface area contributed by atoms with Crippen LogP contribution in [0.3, 0.4) is 0 Å². The Morgan fingerprint density at radius 3 is 1.24 bits per heavy atom. The summed E-state index contributed by atoms with van der Waals surface area (Å²) in [6.45, 7) is 3.44. The fourth-order valence-corrected chi connectivity index (χ4v) is 1.87. The summed E-state index contributed by atoms with van der Waals surface area (Å²) < 4.78 is 8.25. The number of carboxylic acid groups (broad SMARTS) is 1. The number of aromatic carboxylic acids is 1. The molecule has 0 bridgehead atoms. The minimum atomic E-state index is -0.988. The third-order valence-corrected chi connectivity index (χ3v) is 3.33. The molecule has 0 saturated heterocycles. The molecule has 0 amide bonds. The second-order valence-corrected chi connectivity index (χ2v) is 6.36. The van der Waals surface area contributed by atoms with Crippen molar-refractivity contribution in [1.82, 2.24) is 0 Å². The second kappa shape index (κ2) is 20.0. The van der Waals surface area contributed by atoms with Crippen LogP contribution < -0.4 is 17.2 Å². The molecule has 0 aliphatic heterocycles. The number of aliphatic hydroxyl groups excluding tert-OH is 1. The quantitative estimate of drug-likeness (QED) is 0.204. The molecule has 0 aliphatic rings. The Bertz CT molecular complexity index is 963. The van der Waals surface area contributed by atoms with Gasteiger partial charge in [0.15, 0.2) is 0 Å². The molecular formula is C24H27N3O6Ti. The molecule has 0 spiro atoms. The van der Waals surface area contributed by atoms with Gasteiger partial charge in [0.1, 0.15) is 0 Å². The van der Waals surface area contributed by atoms with E-state index >= 15 is 0 Å². The van der Waals surface area contributed by atoms with Crippen LogP contribution in [0.2, 0.25) is 0 Å². The van der Waals surface area contributed by atoms with E-state index in [0.29, 0.717) is 28.2 Å². The number of hydrogen-bond donors (Lipinski definition) is 5. The van der Waals surface area contributed by atoms with E-state index in [9.17, 15) is 14.4 Å². The second-order valence-electron chi connectivity index (χ2n) is 6.36. The maximum atomic E-state index is 10.3. The molecule has 0 unspecified atom stereocenters. The summed E-state index contributed by atoms with van der Waals surface area (Å²) in [4.78, 5) is 30.4. The van der Waals surface area contributed by atoms with Gasteiger partial charge in [0.25, 0.3) is 0 Å². The van der Waals surface area contributed by atoms with Crippen molar-refractivity contribution in [1.29, 1.82) is 0 Å². The number of carbonyl (C=O) groups is 1. The van der Waals surface area contributed by atoms with Crippen LogP contribution in [-0.4, -0.2) is 34.9 Å². The van der Waals surface area contributed by atoms with Crippen LogP contribution in [0.25, 0.3) is 0 Å². The SMILES string of the molecule is CC(C)O.Nc1ccccc1C(=O)O.Nc1ccccc1[C-]=O.Nc1ccccc1[C-]=O.[O]=[Ti+2]. The van der Waals surface area contributed by atoms with Gasteiger partial charge in [-0.3, -0.25) is 0 Å². The van der Waals surface area contributed by atoms with Crippen LogP contribution >= 0.6 is 0 Å². The van der Waals surface area contributed by atoms with Gasteiger partial charge >= 0.3 is 29.7 Å². The standard InChI is InChI=1S/C7H7NO2.2C7H6NO.C3H8O.O.Ti/c8-6-4-2-1-3-5(6)7(9)10;2*8-7-4-2-1-3-6(7)5-9;1-3(2)4;;/h1-4H,8H2,(H,9,10);2*1-4H,8H2;3-4H,1-2H3;;/q;2*-1;;;+2. The molecule has 0 aliphatic carbocycles. The number of carbonyl (C=O) groups excluding carboxylic acids is 2. The monoisotopic (exact) mass is 501 g/mol. The molecule has 178 valence electrons. The molecular weight excluding hydrogens is 474 g/mol. The molecule has 9 nitrogen and oxygen atoms in total. The zero-order valence-electron chi connectivity index (χ0n) is 18.8. The van der Waals surface area contributed by atoms with E-state index in [1.54, 1.807) is 93.1 Å². The van der Waals surface area contributed by atoms with Gasteiger partial charge in [0, 0.05) is 11.8 Å². The van der Waals surface area contributed by atoms with Gasteiger partial charge in [-0.1, -0.05) is 47.8 Å². The number of hydrogen-bond acceptors (Lipinski definition) is 8. The van der Waals surface area contributed by atoms with E-state index in [1.807, 2.05) is 0 Å². The third-order valence-electron chi connectivity index (χ3n) is 3.33. The summed E-state index contributed by atoms with van der Waals surface area (Å²) in [6, 6.07) is 20.0. The third kappa shape index (κ3) is 15.2. The molecule has 0 fully saturated rings. The summed E-state index contributed by atoms with van der Waals surface area (Å²) >= 11 is 0.750. The van der Waals surface area contributed by atoms with Gasteiger partial charge in [-0.25, -0.2) is 4.79 Å². The van der Waals surface area contributed by atoms with E-state index in [2.05, 4.69) is 0 Å². The van der Waals surface area contributed by atoms with Crippen LogP contribution in [0.15, 0.2) is 72.8 Å². The zero-order chi connectivity index (χ0) is 26.5. The summed E-state index contributed by atoms with van der Waals surface area (Å²) in [5, 5.41) is 16.5. The molecule has 0 saturated carbocycles. The average molecular weight is 501 g/mol. The molecule has 10 heteroatoms. The topological polar surface area (TPSA) is 187 Å². The average Bonchev–Trinajstić information content (AvgIpc) is 2.82. The van der Waals surface area contributed by atoms with Crippen LogP contribution in [-0.2, 0) is 33.3 Å². The number of anilines is 3. The van der Waals surface area contributed by atoms with E-state index in [4.69, 9.17) is 30.7 Å². The van der Waals surface area contributed by atoms with Gasteiger partial charge < -0.3 is 37.0 Å². The van der Waals surface area contributed by atoms with Gasteiger partial charge in [0.2, 0.25) is 0 Å². The Hall–Kier alpha value is -3.66.